The Balaban J connectivity index is 1.89. The van der Waals surface area contributed by atoms with Gasteiger partial charge in [0.25, 0.3) is 0 Å². The van der Waals surface area contributed by atoms with E-state index in [0.29, 0.717) is 12.6 Å². The minimum absolute atomic E-state index is 0.419. The molecule has 0 heterocycles. The average molecular weight is 263 g/mol. The van der Waals surface area contributed by atoms with Gasteiger partial charge in [0.15, 0.2) is 0 Å². The molecule has 1 aromatic rings. The summed E-state index contributed by atoms with van der Waals surface area (Å²) in [5.74, 6) is 0.830. The van der Waals surface area contributed by atoms with E-state index in [1.54, 1.807) is 7.11 Å². The molecule has 1 N–H and O–H groups in total. The molecule has 3 heteroatoms. The van der Waals surface area contributed by atoms with Crippen LogP contribution in [0.5, 0.6) is 5.75 Å². The van der Waals surface area contributed by atoms with Gasteiger partial charge >= 0.3 is 0 Å². The highest BCUT2D eigenvalue weighted by Crippen LogP contribution is 2.24. The van der Waals surface area contributed by atoms with Gasteiger partial charge in [-0.1, -0.05) is 31.4 Å². The second kappa shape index (κ2) is 6.92. The van der Waals surface area contributed by atoms with Crippen LogP contribution in [0.4, 0.5) is 0 Å². The number of nitrogens with zero attached hydrogens (tertiary/aromatic N) is 1. The Labute approximate surface area is 116 Å². The van der Waals surface area contributed by atoms with Crippen molar-refractivity contribution in [3.63, 3.8) is 0 Å². The maximum atomic E-state index is 10.3. The largest absolute Gasteiger partial charge is 0.497 e. The lowest BCUT2D eigenvalue weighted by Crippen LogP contribution is -2.36. The summed E-state index contributed by atoms with van der Waals surface area (Å²) in [6.07, 6.45) is 6.14. The quantitative estimate of drug-likeness (QED) is 0.886. The van der Waals surface area contributed by atoms with E-state index in [1.807, 2.05) is 24.3 Å². The molecule has 1 aliphatic carbocycles. The van der Waals surface area contributed by atoms with Crippen molar-refractivity contribution >= 4 is 0 Å². The van der Waals surface area contributed by atoms with Crippen LogP contribution < -0.4 is 4.74 Å². The van der Waals surface area contributed by atoms with E-state index in [9.17, 15) is 5.11 Å². The molecule has 0 saturated heterocycles. The van der Waals surface area contributed by atoms with Crippen molar-refractivity contribution in [3.8, 4) is 5.75 Å². The summed E-state index contributed by atoms with van der Waals surface area (Å²) in [5.41, 5.74) is 0.962. The highest BCUT2D eigenvalue weighted by Gasteiger charge is 2.20. The van der Waals surface area contributed by atoms with Crippen LogP contribution in [0.3, 0.4) is 0 Å². The van der Waals surface area contributed by atoms with Gasteiger partial charge in [0, 0.05) is 12.6 Å². The SMILES string of the molecule is COc1ccc(C(O)CN(C)C2CCCCC2)cc1. The summed E-state index contributed by atoms with van der Waals surface area (Å²) in [6.45, 7) is 0.705. The van der Waals surface area contributed by atoms with Gasteiger partial charge in [-0.05, 0) is 37.6 Å². The molecular weight excluding hydrogens is 238 g/mol. The van der Waals surface area contributed by atoms with Crippen LogP contribution in [-0.4, -0.2) is 36.8 Å². The number of hydrogen-bond acceptors (Lipinski definition) is 3. The van der Waals surface area contributed by atoms with Crippen molar-refractivity contribution in [1.82, 2.24) is 4.90 Å². The lowest BCUT2D eigenvalue weighted by molar-refractivity contribution is 0.0914. The molecule has 0 radical (unpaired) electrons. The number of rotatable bonds is 5. The second-order valence-corrected chi connectivity index (χ2v) is 5.52. The predicted molar refractivity (Wildman–Crippen MR) is 77.5 cm³/mol. The minimum Gasteiger partial charge on any atom is -0.497 e. The first kappa shape index (κ1) is 14.4. The molecule has 0 amide bonds. The molecule has 0 aromatic heterocycles. The highest BCUT2D eigenvalue weighted by atomic mass is 16.5. The number of benzene rings is 1. The maximum absolute atomic E-state index is 10.3. The van der Waals surface area contributed by atoms with E-state index < -0.39 is 6.10 Å². The zero-order valence-corrected chi connectivity index (χ0v) is 12.0. The molecule has 0 spiro atoms. The Morgan fingerprint density at radius 2 is 1.84 bits per heavy atom. The topological polar surface area (TPSA) is 32.7 Å². The molecule has 2 rings (SSSR count). The fourth-order valence-corrected chi connectivity index (χ4v) is 2.88. The lowest BCUT2D eigenvalue weighted by Gasteiger charge is -2.32. The number of aliphatic hydroxyl groups excluding tert-OH is 1. The van der Waals surface area contributed by atoms with E-state index in [1.165, 1.54) is 32.1 Å². The standard InChI is InChI=1S/C16H25NO2/c1-17(14-6-4-3-5-7-14)12-16(18)13-8-10-15(19-2)11-9-13/h8-11,14,16,18H,3-7,12H2,1-2H3. The van der Waals surface area contributed by atoms with Crippen LogP contribution in [0, 0.1) is 0 Å². The molecule has 3 nitrogen and oxygen atoms in total. The lowest BCUT2D eigenvalue weighted by atomic mass is 9.94. The van der Waals surface area contributed by atoms with Crippen molar-refractivity contribution in [2.24, 2.45) is 0 Å². The first-order chi connectivity index (χ1) is 9.20. The number of likely N-dealkylation sites (N-methyl/N-ethyl adjacent to an activating group) is 1. The van der Waals surface area contributed by atoms with Gasteiger partial charge in [-0.2, -0.15) is 0 Å². The summed E-state index contributed by atoms with van der Waals surface area (Å²) in [6, 6.07) is 8.33. The van der Waals surface area contributed by atoms with Gasteiger partial charge in [0.2, 0.25) is 0 Å². The Morgan fingerprint density at radius 1 is 1.21 bits per heavy atom. The first-order valence-electron chi connectivity index (χ1n) is 7.23. The fraction of sp³-hybridized carbons (Fsp3) is 0.625. The molecule has 19 heavy (non-hydrogen) atoms. The van der Waals surface area contributed by atoms with Crippen molar-refractivity contribution in [2.45, 2.75) is 44.2 Å². The molecule has 1 unspecified atom stereocenters. The molecule has 1 saturated carbocycles. The van der Waals surface area contributed by atoms with E-state index in [0.717, 1.165) is 11.3 Å². The van der Waals surface area contributed by atoms with E-state index in [-0.39, 0.29) is 0 Å². The molecule has 1 fully saturated rings. The van der Waals surface area contributed by atoms with Crippen LogP contribution in [0.15, 0.2) is 24.3 Å². The monoisotopic (exact) mass is 263 g/mol. The van der Waals surface area contributed by atoms with Crippen LogP contribution in [0.25, 0.3) is 0 Å². The van der Waals surface area contributed by atoms with Crippen LogP contribution >= 0.6 is 0 Å². The number of hydrogen-bond donors (Lipinski definition) is 1. The normalized spacial score (nSPS) is 18.5. The van der Waals surface area contributed by atoms with Crippen molar-refractivity contribution < 1.29 is 9.84 Å². The molecular formula is C16H25NO2. The van der Waals surface area contributed by atoms with Gasteiger partial charge in [-0.3, -0.25) is 0 Å². The Hall–Kier alpha value is -1.06. The predicted octanol–water partition coefficient (Wildman–Crippen LogP) is 2.99. The van der Waals surface area contributed by atoms with Gasteiger partial charge in [-0.15, -0.1) is 0 Å². The van der Waals surface area contributed by atoms with Crippen molar-refractivity contribution in [3.05, 3.63) is 29.8 Å². The van der Waals surface area contributed by atoms with Crippen LogP contribution in [0.1, 0.15) is 43.8 Å². The Bertz CT molecular complexity index is 371. The van der Waals surface area contributed by atoms with Gasteiger partial charge in [0.05, 0.1) is 13.2 Å². The van der Waals surface area contributed by atoms with E-state index >= 15 is 0 Å². The molecule has 1 atom stereocenters. The summed E-state index contributed by atoms with van der Waals surface area (Å²) >= 11 is 0. The number of ether oxygens (including phenoxy) is 1. The van der Waals surface area contributed by atoms with Crippen molar-refractivity contribution in [1.29, 1.82) is 0 Å². The van der Waals surface area contributed by atoms with Gasteiger partial charge in [0.1, 0.15) is 5.75 Å². The number of aliphatic hydroxyl groups is 1. The summed E-state index contributed by atoms with van der Waals surface area (Å²) in [5, 5.41) is 10.3. The van der Waals surface area contributed by atoms with Crippen LogP contribution in [0.2, 0.25) is 0 Å². The third-order valence-electron chi connectivity index (χ3n) is 4.16. The van der Waals surface area contributed by atoms with Gasteiger partial charge in [-0.25, -0.2) is 0 Å². The summed E-state index contributed by atoms with van der Waals surface area (Å²) < 4.78 is 5.13. The van der Waals surface area contributed by atoms with Gasteiger partial charge < -0.3 is 14.7 Å². The third-order valence-corrected chi connectivity index (χ3v) is 4.16. The molecule has 1 aliphatic rings. The Morgan fingerprint density at radius 3 is 2.42 bits per heavy atom. The van der Waals surface area contributed by atoms with E-state index in [2.05, 4.69) is 11.9 Å². The van der Waals surface area contributed by atoms with E-state index in [4.69, 9.17) is 4.74 Å². The smallest absolute Gasteiger partial charge is 0.118 e. The highest BCUT2D eigenvalue weighted by molar-refractivity contribution is 5.28. The third kappa shape index (κ3) is 3.95. The first-order valence-corrected chi connectivity index (χ1v) is 7.23. The molecule has 1 aromatic carbocycles. The fourth-order valence-electron chi connectivity index (χ4n) is 2.88. The zero-order chi connectivity index (χ0) is 13.7. The second-order valence-electron chi connectivity index (χ2n) is 5.52. The Kier molecular flexibility index (Phi) is 5.23. The maximum Gasteiger partial charge on any atom is 0.118 e. The summed E-state index contributed by atoms with van der Waals surface area (Å²) in [4.78, 5) is 2.31. The van der Waals surface area contributed by atoms with Crippen LogP contribution in [-0.2, 0) is 0 Å². The zero-order valence-electron chi connectivity index (χ0n) is 12.0. The minimum atomic E-state index is -0.419. The molecule has 106 valence electrons. The molecule has 0 bridgehead atoms. The summed E-state index contributed by atoms with van der Waals surface area (Å²) in [7, 11) is 3.78. The number of methoxy groups -OCH3 is 1. The van der Waals surface area contributed by atoms with Crippen molar-refractivity contribution in [2.75, 3.05) is 20.7 Å². The molecule has 0 aliphatic heterocycles. The average Bonchev–Trinajstić information content (AvgIpc) is 2.48.